The van der Waals surface area contributed by atoms with Crippen LogP contribution in [0.25, 0.3) is 10.4 Å². The molecule has 0 aromatic rings. The van der Waals surface area contributed by atoms with Crippen LogP contribution in [0.15, 0.2) is 5.11 Å². The maximum atomic E-state index is 8.13. The van der Waals surface area contributed by atoms with Crippen LogP contribution in [0.3, 0.4) is 0 Å². The minimum atomic E-state index is -0.220. The third-order valence-electron chi connectivity index (χ3n) is 2.57. The molecule has 7 heteroatoms. The molecule has 0 saturated carbocycles. The molecule has 5 nitrogen and oxygen atoms in total. The Hall–Kier alpha value is -1.08. The average molecular weight is 201 g/mol. The summed E-state index contributed by atoms with van der Waals surface area (Å²) in [5, 5.41) is 3.11. The molecule has 2 unspecified atom stereocenters. The van der Waals surface area contributed by atoms with Crippen LogP contribution in [-0.4, -0.2) is 37.9 Å². The summed E-state index contributed by atoms with van der Waals surface area (Å²) >= 11 is 0. The SMILES string of the molecule is C#CCC1OC2(B=B2)CC1OCN=[N+]=[N-]. The predicted octanol–water partition coefficient (Wildman–Crippen LogP) is 0.442. The second-order valence-electron chi connectivity index (χ2n) is 3.62. The van der Waals surface area contributed by atoms with E-state index >= 15 is 0 Å². The minimum absolute atomic E-state index is 0.0294. The predicted molar refractivity (Wildman–Crippen MR) is 56.1 cm³/mol. The molecule has 0 aromatic carbocycles. The zero-order valence-corrected chi connectivity index (χ0v) is 8.17. The van der Waals surface area contributed by atoms with Gasteiger partial charge in [-0.05, 0) is 0 Å². The van der Waals surface area contributed by atoms with Crippen LogP contribution in [0.2, 0.25) is 0 Å². The van der Waals surface area contributed by atoms with E-state index in [1.54, 1.807) is 0 Å². The fraction of sp³-hybridized carbons (Fsp3) is 0.750. The van der Waals surface area contributed by atoms with Gasteiger partial charge in [-0.15, -0.1) is 0 Å². The van der Waals surface area contributed by atoms with Gasteiger partial charge >= 0.3 is 88.2 Å². The van der Waals surface area contributed by atoms with E-state index < -0.39 is 0 Å². The van der Waals surface area contributed by atoms with Gasteiger partial charge in [-0.2, -0.15) is 0 Å². The van der Waals surface area contributed by atoms with E-state index in [0.29, 0.717) is 6.42 Å². The van der Waals surface area contributed by atoms with Gasteiger partial charge in [-0.25, -0.2) is 0 Å². The van der Waals surface area contributed by atoms with E-state index in [9.17, 15) is 0 Å². The Morgan fingerprint density at radius 2 is 2.53 bits per heavy atom. The van der Waals surface area contributed by atoms with Gasteiger partial charge in [0.25, 0.3) is 0 Å². The Bertz CT molecular complexity index is 367. The number of hydrogen-bond acceptors (Lipinski definition) is 3. The molecule has 74 valence electrons. The number of azide groups is 1. The van der Waals surface area contributed by atoms with E-state index in [4.69, 9.17) is 21.4 Å². The van der Waals surface area contributed by atoms with Crippen LogP contribution in [0.1, 0.15) is 12.8 Å². The summed E-state index contributed by atoms with van der Waals surface area (Å²) in [6, 6.07) is 0. The van der Waals surface area contributed by atoms with Crippen LogP contribution in [0.5, 0.6) is 0 Å². The van der Waals surface area contributed by atoms with E-state index in [2.05, 4.69) is 15.9 Å². The van der Waals surface area contributed by atoms with Crippen molar-refractivity contribution in [3.05, 3.63) is 10.4 Å². The monoisotopic (exact) mass is 201 g/mol. The molecular formula is C8H9B2N3O2. The van der Waals surface area contributed by atoms with Gasteiger partial charge in [0.05, 0.1) is 0 Å². The van der Waals surface area contributed by atoms with Crippen molar-refractivity contribution in [3.8, 4) is 12.3 Å². The van der Waals surface area contributed by atoms with Crippen molar-refractivity contribution in [2.24, 2.45) is 5.11 Å². The molecule has 0 radical (unpaired) electrons. The van der Waals surface area contributed by atoms with Crippen molar-refractivity contribution in [1.82, 2.24) is 0 Å². The standard InChI is InChI=1S/C8H9B2N3O2/c1-2-3-6-7(14-5-12-13-11)4-8(15-6)9-10-8/h1,6-7H,3-5H2. The Kier molecular flexibility index (Phi) is 2.92. The van der Waals surface area contributed by atoms with Gasteiger partial charge < -0.3 is 0 Å². The Labute approximate surface area is 88.9 Å². The number of nitrogens with zero attached hydrogens (tertiary/aromatic N) is 3. The summed E-state index contributed by atoms with van der Waals surface area (Å²) in [6.07, 6.45) is 6.35. The maximum absolute atomic E-state index is 8.13. The van der Waals surface area contributed by atoms with Crippen molar-refractivity contribution >= 4 is 13.6 Å². The molecule has 1 fully saturated rings. The van der Waals surface area contributed by atoms with E-state index in [-0.39, 0.29) is 24.3 Å². The Morgan fingerprint density at radius 1 is 1.73 bits per heavy atom. The van der Waals surface area contributed by atoms with E-state index in [0.717, 1.165) is 6.42 Å². The van der Waals surface area contributed by atoms with Gasteiger partial charge in [-0.3, -0.25) is 0 Å². The molecule has 0 aliphatic carbocycles. The van der Waals surface area contributed by atoms with Crippen molar-refractivity contribution in [3.63, 3.8) is 0 Å². The van der Waals surface area contributed by atoms with Crippen molar-refractivity contribution < 1.29 is 9.47 Å². The zero-order chi connectivity index (χ0) is 10.7. The summed E-state index contributed by atoms with van der Waals surface area (Å²) in [5.74, 6) is 2.56. The third-order valence-corrected chi connectivity index (χ3v) is 2.57. The first-order chi connectivity index (χ1) is 7.29. The molecule has 1 saturated heterocycles. The molecule has 0 N–H and O–H groups in total. The number of hydrogen-bond donors (Lipinski definition) is 0. The van der Waals surface area contributed by atoms with Crippen LogP contribution in [0.4, 0.5) is 0 Å². The number of ether oxygens (including phenoxy) is 2. The summed E-state index contributed by atoms with van der Waals surface area (Å²) < 4.78 is 11.1. The molecule has 0 amide bonds. The molecule has 2 aliphatic rings. The van der Waals surface area contributed by atoms with Crippen LogP contribution < -0.4 is 0 Å². The number of rotatable bonds is 4. The first-order valence-electron chi connectivity index (χ1n) is 4.74. The van der Waals surface area contributed by atoms with Gasteiger partial charge in [0.2, 0.25) is 0 Å². The molecule has 2 heterocycles. The van der Waals surface area contributed by atoms with Crippen molar-refractivity contribution in [1.29, 1.82) is 0 Å². The quantitative estimate of drug-likeness (QED) is 0.217. The summed E-state index contributed by atoms with van der Waals surface area (Å²) in [5.41, 5.74) is 8.13. The van der Waals surface area contributed by atoms with Gasteiger partial charge in [0.1, 0.15) is 0 Å². The second kappa shape index (κ2) is 4.19. The second-order valence-corrected chi connectivity index (χ2v) is 3.62. The molecule has 15 heavy (non-hydrogen) atoms. The van der Waals surface area contributed by atoms with E-state index in [1.807, 2.05) is 13.6 Å². The summed E-state index contributed by atoms with van der Waals surface area (Å²) in [7, 11) is 0. The van der Waals surface area contributed by atoms with Gasteiger partial charge in [0.15, 0.2) is 0 Å². The average Bonchev–Trinajstić information content (AvgIpc) is 2.87. The molecule has 0 aromatic heterocycles. The molecule has 0 bridgehead atoms. The molecule has 1 spiro atoms. The van der Waals surface area contributed by atoms with Crippen molar-refractivity contribution in [2.75, 3.05) is 6.73 Å². The number of terminal acetylenes is 1. The molecule has 2 rings (SSSR count). The van der Waals surface area contributed by atoms with Crippen LogP contribution >= 0.6 is 0 Å². The first-order valence-corrected chi connectivity index (χ1v) is 4.74. The van der Waals surface area contributed by atoms with Gasteiger partial charge in [-0.1, -0.05) is 0 Å². The van der Waals surface area contributed by atoms with Crippen LogP contribution in [0, 0.1) is 12.3 Å². The van der Waals surface area contributed by atoms with Crippen molar-refractivity contribution in [2.45, 2.75) is 30.4 Å². The Morgan fingerprint density at radius 3 is 3.13 bits per heavy atom. The third kappa shape index (κ3) is 2.29. The summed E-state index contributed by atoms with van der Waals surface area (Å²) in [6.45, 7) is 4.02. The fourth-order valence-corrected chi connectivity index (χ4v) is 1.77. The van der Waals surface area contributed by atoms with E-state index in [1.165, 1.54) is 0 Å². The summed E-state index contributed by atoms with van der Waals surface area (Å²) in [4.78, 5) is 2.62. The van der Waals surface area contributed by atoms with Crippen LogP contribution in [-0.2, 0) is 9.47 Å². The Balaban J connectivity index is 1.90. The molecule has 2 aliphatic heterocycles. The zero-order valence-electron chi connectivity index (χ0n) is 8.17. The molecule has 2 atom stereocenters. The normalized spacial score (nSPS) is 28.7. The topological polar surface area (TPSA) is 67.2 Å². The fourth-order valence-electron chi connectivity index (χ4n) is 1.77. The van der Waals surface area contributed by atoms with Gasteiger partial charge in [0, 0.05) is 0 Å². The first kappa shape index (κ1) is 10.4. The molecular weight excluding hydrogens is 192 g/mol.